The maximum Gasteiger partial charge on any atom is 0.307 e. The van der Waals surface area contributed by atoms with Gasteiger partial charge in [-0.2, -0.15) is 0 Å². The lowest BCUT2D eigenvalue weighted by atomic mass is 10.1. The normalized spacial score (nSPS) is 10.5. The number of rotatable bonds is 5. The van der Waals surface area contributed by atoms with E-state index in [4.69, 9.17) is 14.6 Å². The zero-order valence-corrected chi connectivity index (χ0v) is 12.4. The summed E-state index contributed by atoms with van der Waals surface area (Å²) in [4.78, 5) is 19.1. The first-order valence-electron chi connectivity index (χ1n) is 6.92. The van der Waals surface area contributed by atoms with Gasteiger partial charge in [-0.1, -0.05) is 6.07 Å². The van der Waals surface area contributed by atoms with E-state index in [0.717, 1.165) is 10.9 Å². The third kappa shape index (κ3) is 3.21. The topological polar surface area (TPSA) is 81.5 Å². The maximum absolute atomic E-state index is 10.9. The monoisotopic (exact) mass is 310 g/mol. The number of carboxylic acid groups (broad SMARTS) is 1. The van der Waals surface area contributed by atoms with Gasteiger partial charge < -0.3 is 14.6 Å². The van der Waals surface area contributed by atoms with E-state index in [-0.39, 0.29) is 6.42 Å². The van der Waals surface area contributed by atoms with E-state index in [0.29, 0.717) is 22.8 Å². The fourth-order valence-electron chi connectivity index (χ4n) is 2.29. The molecule has 0 saturated carbocycles. The summed E-state index contributed by atoms with van der Waals surface area (Å²) in [5.41, 5.74) is 1.33. The third-order valence-corrected chi connectivity index (χ3v) is 3.33. The summed E-state index contributed by atoms with van der Waals surface area (Å²) in [6.45, 7) is 0. The molecule has 2 aromatic heterocycles. The summed E-state index contributed by atoms with van der Waals surface area (Å²) in [6, 6.07) is 8.67. The number of aliphatic carboxylic acids is 1. The van der Waals surface area contributed by atoms with E-state index in [1.165, 1.54) is 7.11 Å². The van der Waals surface area contributed by atoms with Crippen LogP contribution in [0.2, 0.25) is 0 Å². The van der Waals surface area contributed by atoms with Gasteiger partial charge in [-0.3, -0.25) is 14.8 Å². The number of pyridine rings is 2. The Morgan fingerprint density at radius 2 is 2.04 bits per heavy atom. The molecule has 1 N–H and O–H groups in total. The molecule has 0 atom stereocenters. The second kappa shape index (κ2) is 6.31. The van der Waals surface area contributed by atoms with Gasteiger partial charge in [0.05, 0.1) is 25.2 Å². The van der Waals surface area contributed by atoms with Crippen LogP contribution in [0.5, 0.6) is 17.2 Å². The Morgan fingerprint density at radius 1 is 1.17 bits per heavy atom. The molecule has 0 saturated heterocycles. The lowest BCUT2D eigenvalue weighted by molar-refractivity contribution is -0.136. The number of fused-ring (bicyclic) bond motifs is 1. The Labute approximate surface area is 132 Å². The molecule has 2 heterocycles. The third-order valence-electron chi connectivity index (χ3n) is 3.33. The van der Waals surface area contributed by atoms with Crippen molar-refractivity contribution in [3.05, 3.63) is 54.5 Å². The molecular formula is C17H14N2O4. The zero-order valence-electron chi connectivity index (χ0n) is 12.4. The van der Waals surface area contributed by atoms with Crippen molar-refractivity contribution in [2.45, 2.75) is 6.42 Å². The van der Waals surface area contributed by atoms with Crippen LogP contribution in [0, 0.1) is 0 Å². The van der Waals surface area contributed by atoms with Crippen molar-refractivity contribution in [1.82, 2.24) is 9.97 Å². The largest absolute Gasteiger partial charge is 0.496 e. The Hall–Kier alpha value is -3.15. The van der Waals surface area contributed by atoms with Gasteiger partial charge in [0.2, 0.25) is 0 Å². The smallest absolute Gasteiger partial charge is 0.307 e. The highest BCUT2D eigenvalue weighted by atomic mass is 16.5. The quantitative estimate of drug-likeness (QED) is 0.780. The van der Waals surface area contributed by atoms with E-state index >= 15 is 0 Å². The van der Waals surface area contributed by atoms with Gasteiger partial charge in [0.1, 0.15) is 17.2 Å². The first-order chi connectivity index (χ1) is 11.2. The fourth-order valence-corrected chi connectivity index (χ4v) is 2.29. The van der Waals surface area contributed by atoms with E-state index in [1.54, 1.807) is 42.9 Å². The molecule has 3 aromatic rings. The molecule has 0 aliphatic heterocycles. The number of hydrogen-bond acceptors (Lipinski definition) is 5. The van der Waals surface area contributed by atoms with Gasteiger partial charge in [-0.15, -0.1) is 0 Å². The van der Waals surface area contributed by atoms with Gasteiger partial charge in [0, 0.05) is 29.4 Å². The molecule has 1 aromatic carbocycles. The summed E-state index contributed by atoms with van der Waals surface area (Å²) in [7, 11) is 1.50. The molecule has 0 bridgehead atoms. The highest BCUT2D eigenvalue weighted by molar-refractivity contribution is 5.84. The molecule has 0 unspecified atom stereocenters. The second-order valence-corrected chi connectivity index (χ2v) is 4.85. The molecular weight excluding hydrogens is 296 g/mol. The van der Waals surface area contributed by atoms with Crippen molar-refractivity contribution in [3.63, 3.8) is 0 Å². The average molecular weight is 310 g/mol. The molecule has 0 radical (unpaired) electrons. The standard InChI is InChI=1S/C17H14N2O4/c1-22-16-9-12(3-2-11(16)8-17(20)21)23-15-5-7-19-14-10-18-6-4-13(14)15/h2-7,9-10H,8H2,1H3,(H,20,21). The van der Waals surface area contributed by atoms with Gasteiger partial charge >= 0.3 is 5.97 Å². The number of aromatic nitrogens is 2. The van der Waals surface area contributed by atoms with Gasteiger partial charge in [-0.05, 0) is 18.2 Å². The number of carboxylic acids is 1. The van der Waals surface area contributed by atoms with E-state index in [1.807, 2.05) is 6.07 Å². The minimum Gasteiger partial charge on any atom is -0.496 e. The van der Waals surface area contributed by atoms with Crippen LogP contribution < -0.4 is 9.47 Å². The number of methoxy groups -OCH3 is 1. The maximum atomic E-state index is 10.9. The molecule has 6 heteroatoms. The van der Waals surface area contributed by atoms with E-state index in [2.05, 4.69) is 9.97 Å². The van der Waals surface area contributed by atoms with Crippen LogP contribution in [0.3, 0.4) is 0 Å². The molecule has 0 aliphatic rings. The van der Waals surface area contributed by atoms with Gasteiger partial charge in [-0.25, -0.2) is 0 Å². The van der Waals surface area contributed by atoms with Crippen molar-refractivity contribution >= 4 is 16.9 Å². The fraction of sp³-hybridized carbons (Fsp3) is 0.118. The van der Waals surface area contributed by atoms with Crippen LogP contribution in [-0.4, -0.2) is 28.2 Å². The van der Waals surface area contributed by atoms with Crippen molar-refractivity contribution in [2.24, 2.45) is 0 Å². The number of carbonyl (C=O) groups is 1. The molecule has 0 amide bonds. The Bertz CT molecular complexity index is 859. The molecule has 6 nitrogen and oxygen atoms in total. The van der Waals surface area contributed by atoms with Crippen molar-refractivity contribution in [1.29, 1.82) is 0 Å². The number of hydrogen-bond donors (Lipinski definition) is 1. The molecule has 0 fully saturated rings. The van der Waals surface area contributed by atoms with Crippen LogP contribution >= 0.6 is 0 Å². The van der Waals surface area contributed by atoms with Crippen molar-refractivity contribution in [3.8, 4) is 17.2 Å². The number of nitrogens with zero attached hydrogens (tertiary/aromatic N) is 2. The lowest BCUT2D eigenvalue weighted by Gasteiger charge is -2.11. The molecule has 0 aliphatic carbocycles. The van der Waals surface area contributed by atoms with Gasteiger partial charge in [0.15, 0.2) is 0 Å². The molecule has 3 rings (SSSR count). The summed E-state index contributed by atoms with van der Waals surface area (Å²) in [5.74, 6) is 0.764. The van der Waals surface area contributed by atoms with E-state index < -0.39 is 5.97 Å². The van der Waals surface area contributed by atoms with Crippen molar-refractivity contribution < 1.29 is 19.4 Å². The molecule has 0 spiro atoms. The van der Waals surface area contributed by atoms with Crippen LogP contribution in [-0.2, 0) is 11.2 Å². The minimum atomic E-state index is -0.912. The van der Waals surface area contributed by atoms with Crippen LogP contribution in [0.1, 0.15) is 5.56 Å². The first kappa shape index (κ1) is 14.8. The van der Waals surface area contributed by atoms with Crippen molar-refractivity contribution in [2.75, 3.05) is 7.11 Å². The summed E-state index contributed by atoms with van der Waals surface area (Å²) < 4.78 is 11.1. The summed E-state index contributed by atoms with van der Waals surface area (Å²) >= 11 is 0. The van der Waals surface area contributed by atoms with E-state index in [9.17, 15) is 4.79 Å². The number of benzene rings is 1. The highest BCUT2D eigenvalue weighted by Gasteiger charge is 2.10. The SMILES string of the molecule is COc1cc(Oc2ccnc3cnccc23)ccc1CC(=O)O. The van der Waals surface area contributed by atoms with Crippen LogP contribution in [0.25, 0.3) is 10.9 Å². The minimum absolute atomic E-state index is 0.104. The highest BCUT2D eigenvalue weighted by Crippen LogP contribution is 2.31. The second-order valence-electron chi connectivity index (χ2n) is 4.85. The van der Waals surface area contributed by atoms with Crippen LogP contribution in [0.4, 0.5) is 0 Å². The first-order valence-corrected chi connectivity index (χ1v) is 6.92. The Morgan fingerprint density at radius 3 is 2.83 bits per heavy atom. The van der Waals surface area contributed by atoms with Crippen LogP contribution in [0.15, 0.2) is 48.9 Å². The summed E-state index contributed by atoms with van der Waals surface area (Å²) in [5, 5.41) is 9.75. The zero-order chi connectivity index (χ0) is 16.2. The average Bonchev–Trinajstić information content (AvgIpc) is 2.56. The predicted molar refractivity (Wildman–Crippen MR) is 83.9 cm³/mol. The number of ether oxygens (including phenoxy) is 2. The van der Waals surface area contributed by atoms with Gasteiger partial charge in [0.25, 0.3) is 0 Å². The Balaban J connectivity index is 1.94. The Kier molecular flexibility index (Phi) is 4.05. The lowest BCUT2D eigenvalue weighted by Crippen LogP contribution is -2.02. The molecule has 116 valence electrons. The predicted octanol–water partition coefficient (Wildman–Crippen LogP) is 3.06. The molecule has 23 heavy (non-hydrogen) atoms. The summed E-state index contributed by atoms with van der Waals surface area (Å²) in [6.07, 6.45) is 4.88.